The van der Waals surface area contributed by atoms with E-state index < -0.39 is 0 Å². The summed E-state index contributed by atoms with van der Waals surface area (Å²) in [5, 5.41) is 3.03. The molecule has 0 radical (unpaired) electrons. The van der Waals surface area contributed by atoms with Crippen LogP contribution in [0.5, 0.6) is 0 Å². The summed E-state index contributed by atoms with van der Waals surface area (Å²) in [6, 6.07) is 6.26. The van der Waals surface area contributed by atoms with E-state index in [2.05, 4.69) is 30.1 Å². The summed E-state index contributed by atoms with van der Waals surface area (Å²) in [5.41, 5.74) is 9.21. The average Bonchev–Trinajstić information content (AvgIpc) is 2.44. The zero-order valence-corrected chi connectivity index (χ0v) is 14.6. The van der Waals surface area contributed by atoms with Gasteiger partial charge in [-0.2, -0.15) is 0 Å². The fourth-order valence-electron chi connectivity index (χ4n) is 2.92. The van der Waals surface area contributed by atoms with Crippen LogP contribution in [0.25, 0.3) is 0 Å². The second-order valence-corrected chi connectivity index (χ2v) is 6.27. The van der Waals surface area contributed by atoms with Crippen molar-refractivity contribution in [3.63, 3.8) is 0 Å². The van der Waals surface area contributed by atoms with Gasteiger partial charge in [-0.15, -0.1) is 12.4 Å². The lowest BCUT2D eigenvalue weighted by Gasteiger charge is -2.33. The molecule has 1 aromatic carbocycles. The second kappa shape index (κ2) is 8.51. The minimum atomic E-state index is 0. The van der Waals surface area contributed by atoms with E-state index in [4.69, 9.17) is 5.73 Å². The van der Waals surface area contributed by atoms with Gasteiger partial charge >= 0.3 is 0 Å². The Hall–Kier alpha value is -1.10. The maximum absolute atomic E-state index is 12.2. The first kappa shape index (κ1) is 18.9. The number of carbonyl (C=O) groups excluding carboxylic acids is 1. The summed E-state index contributed by atoms with van der Waals surface area (Å²) < 4.78 is 0. The lowest BCUT2D eigenvalue weighted by atomic mass is 9.91. The van der Waals surface area contributed by atoms with Crippen molar-refractivity contribution in [2.75, 3.05) is 25.0 Å². The highest BCUT2D eigenvalue weighted by Crippen LogP contribution is 2.20. The van der Waals surface area contributed by atoms with Crippen molar-refractivity contribution in [3.05, 3.63) is 29.3 Å². The van der Waals surface area contributed by atoms with Crippen LogP contribution in [0.2, 0.25) is 0 Å². The Bertz CT molecular complexity index is 497. The third-order valence-electron chi connectivity index (χ3n) is 4.62. The SMILES string of the molecule is Cc1cccc(NC(=O)CN2CCC(C(C)N)CC2)c1C.Cl. The van der Waals surface area contributed by atoms with E-state index in [9.17, 15) is 4.79 Å². The molecule has 0 aromatic heterocycles. The fraction of sp³-hybridized carbons (Fsp3) is 0.588. The zero-order chi connectivity index (χ0) is 15.4. The standard InChI is InChI=1S/C17H27N3O.ClH/c1-12-5-4-6-16(13(12)2)19-17(21)11-20-9-7-15(8-10-20)14(3)18;/h4-6,14-15H,7-11,18H2,1-3H3,(H,19,21);1H. The molecule has 1 aliphatic rings. The van der Waals surface area contributed by atoms with Crippen LogP contribution >= 0.6 is 12.4 Å². The predicted molar refractivity (Wildman–Crippen MR) is 94.6 cm³/mol. The molecule has 4 nitrogen and oxygen atoms in total. The molecule has 1 aliphatic heterocycles. The Morgan fingerprint density at radius 3 is 2.59 bits per heavy atom. The molecule has 1 heterocycles. The summed E-state index contributed by atoms with van der Waals surface area (Å²) in [6.07, 6.45) is 2.18. The first-order valence-corrected chi connectivity index (χ1v) is 7.81. The molecule has 1 amide bonds. The Kier molecular flexibility index (Phi) is 7.33. The number of hydrogen-bond donors (Lipinski definition) is 2. The van der Waals surface area contributed by atoms with Crippen molar-refractivity contribution in [3.8, 4) is 0 Å². The summed E-state index contributed by atoms with van der Waals surface area (Å²) in [4.78, 5) is 14.4. The molecule has 2 rings (SSSR count). The molecule has 5 heteroatoms. The number of hydrogen-bond acceptors (Lipinski definition) is 3. The fourth-order valence-corrected chi connectivity index (χ4v) is 2.92. The number of anilines is 1. The molecular weight excluding hydrogens is 298 g/mol. The van der Waals surface area contributed by atoms with Gasteiger partial charge in [0.15, 0.2) is 0 Å². The molecular formula is C17H28ClN3O. The molecule has 1 unspecified atom stereocenters. The number of likely N-dealkylation sites (tertiary alicyclic amines) is 1. The molecule has 0 bridgehead atoms. The minimum absolute atomic E-state index is 0. The van der Waals surface area contributed by atoms with Crippen molar-refractivity contribution >= 4 is 24.0 Å². The largest absolute Gasteiger partial charge is 0.328 e. The van der Waals surface area contributed by atoms with E-state index >= 15 is 0 Å². The topological polar surface area (TPSA) is 58.4 Å². The third-order valence-corrected chi connectivity index (χ3v) is 4.62. The monoisotopic (exact) mass is 325 g/mol. The van der Waals surface area contributed by atoms with E-state index in [-0.39, 0.29) is 24.4 Å². The van der Waals surface area contributed by atoms with Crippen molar-refractivity contribution < 1.29 is 4.79 Å². The molecule has 1 saturated heterocycles. The molecule has 1 fully saturated rings. The molecule has 22 heavy (non-hydrogen) atoms. The van der Waals surface area contributed by atoms with E-state index in [1.54, 1.807) is 0 Å². The molecule has 1 aromatic rings. The highest BCUT2D eigenvalue weighted by molar-refractivity contribution is 5.93. The van der Waals surface area contributed by atoms with Gasteiger partial charge in [0.2, 0.25) is 5.91 Å². The number of amides is 1. The highest BCUT2D eigenvalue weighted by atomic mass is 35.5. The second-order valence-electron chi connectivity index (χ2n) is 6.27. The van der Waals surface area contributed by atoms with Gasteiger partial charge in [0, 0.05) is 11.7 Å². The van der Waals surface area contributed by atoms with Crippen molar-refractivity contribution in [2.24, 2.45) is 11.7 Å². The van der Waals surface area contributed by atoms with E-state index in [0.29, 0.717) is 12.5 Å². The lowest BCUT2D eigenvalue weighted by Crippen LogP contribution is -2.42. The maximum atomic E-state index is 12.2. The van der Waals surface area contributed by atoms with Gasteiger partial charge in [-0.3, -0.25) is 9.69 Å². The number of aryl methyl sites for hydroxylation is 1. The first-order valence-electron chi connectivity index (χ1n) is 7.81. The van der Waals surface area contributed by atoms with Gasteiger partial charge < -0.3 is 11.1 Å². The summed E-state index contributed by atoms with van der Waals surface area (Å²) in [7, 11) is 0. The molecule has 0 spiro atoms. The van der Waals surface area contributed by atoms with Crippen LogP contribution in [0.15, 0.2) is 18.2 Å². The van der Waals surface area contributed by atoms with Crippen LogP contribution in [-0.4, -0.2) is 36.5 Å². The Balaban J connectivity index is 0.00000242. The number of piperidine rings is 1. The van der Waals surface area contributed by atoms with Gasteiger partial charge in [-0.25, -0.2) is 0 Å². The first-order chi connectivity index (χ1) is 9.97. The van der Waals surface area contributed by atoms with Crippen LogP contribution in [0.1, 0.15) is 30.9 Å². The molecule has 124 valence electrons. The van der Waals surface area contributed by atoms with E-state index in [1.807, 2.05) is 19.1 Å². The number of nitrogens with zero attached hydrogens (tertiary/aromatic N) is 1. The molecule has 3 N–H and O–H groups in total. The van der Waals surface area contributed by atoms with Gasteiger partial charge in [0.05, 0.1) is 6.54 Å². The summed E-state index contributed by atoms with van der Waals surface area (Å²) in [6.45, 7) is 8.58. The Morgan fingerprint density at radius 2 is 2.00 bits per heavy atom. The zero-order valence-electron chi connectivity index (χ0n) is 13.8. The maximum Gasteiger partial charge on any atom is 0.238 e. The van der Waals surface area contributed by atoms with Crippen LogP contribution in [0.4, 0.5) is 5.69 Å². The van der Waals surface area contributed by atoms with Gasteiger partial charge in [0.25, 0.3) is 0 Å². The quantitative estimate of drug-likeness (QED) is 0.895. The number of nitrogens with one attached hydrogen (secondary N) is 1. The summed E-state index contributed by atoms with van der Waals surface area (Å²) in [5.74, 6) is 0.672. The Morgan fingerprint density at radius 1 is 1.36 bits per heavy atom. The highest BCUT2D eigenvalue weighted by Gasteiger charge is 2.23. The van der Waals surface area contributed by atoms with E-state index in [1.165, 1.54) is 5.56 Å². The van der Waals surface area contributed by atoms with Crippen molar-refractivity contribution in [1.29, 1.82) is 0 Å². The average molecular weight is 326 g/mol. The van der Waals surface area contributed by atoms with Gasteiger partial charge in [-0.1, -0.05) is 12.1 Å². The van der Waals surface area contributed by atoms with Crippen molar-refractivity contribution in [1.82, 2.24) is 4.90 Å². The molecule has 0 saturated carbocycles. The smallest absolute Gasteiger partial charge is 0.238 e. The van der Waals surface area contributed by atoms with Gasteiger partial charge in [-0.05, 0) is 69.8 Å². The predicted octanol–water partition coefficient (Wildman–Crippen LogP) is 2.72. The van der Waals surface area contributed by atoms with Crippen LogP contribution in [0.3, 0.4) is 0 Å². The molecule has 1 atom stereocenters. The number of benzene rings is 1. The van der Waals surface area contributed by atoms with E-state index in [0.717, 1.165) is 37.2 Å². The number of rotatable bonds is 4. The van der Waals surface area contributed by atoms with Crippen LogP contribution in [-0.2, 0) is 4.79 Å². The van der Waals surface area contributed by atoms with Crippen LogP contribution in [0, 0.1) is 19.8 Å². The normalized spacial score (nSPS) is 17.6. The number of carbonyl (C=O) groups is 1. The minimum Gasteiger partial charge on any atom is -0.328 e. The number of halogens is 1. The van der Waals surface area contributed by atoms with Crippen molar-refractivity contribution in [2.45, 2.75) is 39.7 Å². The number of nitrogens with two attached hydrogens (primary N) is 1. The molecule has 0 aliphatic carbocycles. The lowest BCUT2D eigenvalue weighted by molar-refractivity contribution is -0.117. The summed E-state index contributed by atoms with van der Waals surface area (Å²) >= 11 is 0. The van der Waals surface area contributed by atoms with Gasteiger partial charge in [0.1, 0.15) is 0 Å². The Labute approximate surface area is 139 Å². The van der Waals surface area contributed by atoms with Crippen LogP contribution < -0.4 is 11.1 Å². The third kappa shape index (κ3) is 4.97.